The number of nitrogens with zero attached hydrogens (tertiary/aromatic N) is 4. The van der Waals surface area contributed by atoms with Gasteiger partial charge in [-0.05, 0) is 143 Å². The Morgan fingerprint density at radius 2 is 0.472 bits per heavy atom. The van der Waals surface area contributed by atoms with Crippen LogP contribution in [0.5, 0.6) is 23.0 Å². The molecule has 0 bridgehead atoms. The standard InChI is InChI=1S/2C36H60N2O2.C7H8.2Yb/c2*1-15-37(16-2)17-18-38(23-25-19-27(33(3,4)5)21-29(31(25)39)35(9,10)11)24-26-20-28(34(6,7)8)22-30(32(26)40)36(12,13)14;1-7-5-3-2-4-6-7;;/h2*19-22,39-40H,15-18,23-24H2,1-14H3;2-6H,1H3;;/q;;;2*+2/p-4. The number of aryl methyl sites for hydroxylation is 1. The Labute approximate surface area is 623 Å². The molecule has 512 valence electrons. The molecule has 5 aromatic rings. The van der Waals surface area contributed by atoms with Crippen molar-refractivity contribution in [3.05, 3.63) is 151 Å². The van der Waals surface area contributed by atoms with E-state index in [4.69, 9.17) is 0 Å². The fourth-order valence-corrected chi connectivity index (χ4v) is 10.8. The molecule has 0 atom stereocenters. The van der Waals surface area contributed by atoms with Crippen molar-refractivity contribution in [1.29, 1.82) is 0 Å². The zero-order valence-corrected chi connectivity index (χ0v) is 64.9. The van der Waals surface area contributed by atoms with E-state index in [0.29, 0.717) is 26.2 Å². The molecule has 0 aliphatic carbocycles. The van der Waals surface area contributed by atoms with Crippen LogP contribution in [0.15, 0.2) is 78.9 Å². The van der Waals surface area contributed by atoms with E-state index in [1.807, 2.05) is 18.2 Å². The van der Waals surface area contributed by atoms with Crippen LogP contribution in [0.25, 0.3) is 0 Å². The van der Waals surface area contributed by atoms with Crippen molar-refractivity contribution in [2.75, 3.05) is 52.4 Å². The Bertz CT molecular complexity index is 2610. The third kappa shape index (κ3) is 26.4. The van der Waals surface area contributed by atoms with E-state index in [1.165, 1.54) is 27.8 Å². The first-order valence-electron chi connectivity index (χ1n) is 32.9. The predicted molar refractivity (Wildman–Crippen MR) is 368 cm³/mol. The number of likely N-dealkylation sites (N-methyl/N-ethyl adjacent to an activating group) is 2. The molecule has 0 saturated carbocycles. The third-order valence-electron chi connectivity index (χ3n) is 17.1. The van der Waals surface area contributed by atoms with Crippen molar-refractivity contribution in [3.63, 3.8) is 0 Å². The van der Waals surface area contributed by atoms with Crippen molar-refractivity contribution < 1.29 is 114 Å². The maximum Gasteiger partial charge on any atom is 2.00 e. The minimum absolute atomic E-state index is 0. The van der Waals surface area contributed by atoms with Crippen LogP contribution in [0.3, 0.4) is 0 Å². The van der Waals surface area contributed by atoms with Gasteiger partial charge in [-0.1, -0.05) is 278 Å². The van der Waals surface area contributed by atoms with Gasteiger partial charge in [-0.25, -0.2) is 0 Å². The van der Waals surface area contributed by atoms with Crippen molar-refractivity contribution >= 4 is 0 Å². The molecule has 8 nitrogen and oxygen atoms in total. The quantitative estimate of drug-likeness (QED) is 0.0854. The third-order valence-corrected chi connectivity index (χ3v) is 17.1. The second-order valence-corrected chi connectivity index (χ2v) is 33.2. The van der Waals surface area contributed by atoms with E-state index in [0.717, 1.165) is 96.9 Å². The van der Waals surface area contributed by atoms with Gasteiger partial charge in [0.15, 0.2) is 0 Å². The molecular formula is C79H124N4O4Yb2. The minimum Gasteiger partial charge on any atom is -0.872 e. The van der Waals surface area contributed by atoms with Crippen LogP contribution < -0.4 is 20.4 Å². The maximum atomic E-state index is 13.9. The molecule has 0 N–H and O–H groups in total. The second-order valence-electron chi connectivity index (χ2n) is 33.2. The van der Waals surface area contributed by atoms with Gasteiger partial charge in [-0.2, -0.15) is 0 Å². The van der Waals surface area contributed by atoms with Crippen LogP contribution in [-0.4, -0.2) is 72.0 Å². The summed E-state index contributed by atoms with van der Waals surface area (Å²) < 4.78 is 0. The number of hydrogen-bond donors (Lipinski definition) is 0. The predicted octanol–water partition coefficient (Wildman–Crippen LogP) is 16.7. The normalized spacial score (nSPS) is 12.8. The average Bonchev–Trinajstić information content (AvgIpc) is 1.14. The molecule has 0 saturated heterocycles. The molecule has 0 amide bonds. The Balaban J connectivity index is 0.000000783. The molecule has 5 aromatic carbocycles. The topological polar surface area (TPSA) is 105 Å². The van der Waals surface area contributed by atoms with Crippen molar-refractivity contribution in [2.45, 2.75) is 270 Å². The van der Waals surface area contributed by atoms with Crippen LogP contribution >= 0.6 is 0 Å². The van der Waals surface area contributed by atoms with E-state index in [1.54, 1.807) is 0 Å². The molecule has 0 aliphatic rings. The summed E-state index contributed by atoms with van der Waals surface area (Å²) in [6, 6.07) is 27.2. The molecule has 89 heavy (non-hydrogen) atoms. The van der Waals surface area contributed by atoms with E-state index in [2.05, 4.69) is 281 Å². The van der Waals surface area contributed by atoms with Gasteiger partial charge in [0.25, 0.3) is 0 Å². The van der Waals surface area contributed by atoms with Gasteiger partial charge >= 0.3 is 93.8 Å². The Kier molecular flexibility index (Phi) is 33.2. The summed E-state index contributed by atoms with van der Waals surface area (Å²) in [4.78, 5) is 9.45. The largest absolute Gasteiger partial charge is 2.00 e. The van der Waals surface area contributed by atoms with E-state index in [9.17, 15) is 20.4 Å². The van der Waals surface area contributed by atoms with Gasteiger partial charge in [-0.15, -0.1) is 23.0 Å². The van der Waals surface area contributed by atoms with Crippen LogP contribution in [0.1, 0.15) is 266 Å². The second kappa shape index (κ2) is 34.7. The molecule has 0 aliphatic heterocycles. The Hall–Kier alpha value is -1.82. The molecule has 0 spiro atoms. The first-order chi connectivity index (χ1) is 39.6. The van der Waals surface area contributed by atoms with Crippen LogP contribution in [0.2, 0.25) is 0 Å². The molecule has 0 heterocycles. The molecule has 5 rings (SSSR count). The van der Waals surface area contributed by atoms with E-state index < -0.39 is 0 Å². The molecule has 0 aromatic heterocycles. The van der Waals surface area contributed by atoms with E-state index >= 15 is 0 Å². The molecule has 0 unspecified atom stereocenters. The molecule has 0 fully saturated rings. The van der Waals surface area contributed by atoms with Crippen molar-refractivity contribution in [3.8, 4) is 23.0 Å². The monoisotopic (exact) mass is 1540 g/mol. The van der Waals surface area contributed by atoms with Gasteiger partial charge in [0.1, 0.15) is 0 Å². The zero-order chi connectivity index (χ0) is 66.8. The van der Waals surface area contributed by atoms with Gasteiger partial charge < -0.3 is 30.2 Å². The first kappa shape index (κ1) is 85.2. The van der Waals surface area contributed by atoms with Crippen LogP contribution in [-0.2, 0) is 69.5 Å². The number of hydrogen-bond acceptors (Lipinski definition) is 8. The molecular weight excluding hydrogens is 1410 g/mol. The smallest absolute Gasteiger partial charge is 0.872 e. The zero-order valence-electron chi connectivity index (χ0n) is 61.4. The maximum absolute atomic E-state index is 13.9. The summed E-state index contributed by atoms with van der Waals surface area (Å²) in [6.07, 6.45) is 0. The Morgan fingerprint density at radius 3 is 0.618 bits per heavy atom. The van der Waals surface area contributed by atoms with Crippen molar-refractivity contribution in [2.24, 2.45) is 0 Å². The SMILES string of the molecule is CCN(CC)CCN(Cc1cc(C(C)(C)C)cc(C(C)(C)C)c1[O-])Cc1cc(C(C)(C)C)cc(C(C)(C)C)c1[O-].CCN(CC)CCN(Cc1cc(C(C)(C)C)cc(C(C)(C)C)c1[O-])Cc1cc(C(C)(C)C)cc(C(C)(C)C)c1[O-].Cc1ccccc1.[Yb+2].[Yb+2]. The summed E-state index contributed by atoms with van der Waals surface area (Å²) in [6.45, 7) is 72.1. The average molecular weight is 1540 g/mol. The summed E-state index contributed by atoms with van der Waals surface area (Å²) in [5, 5.41) is 55.5. The Morgan fingerprint density at radius 1 is 0.281 bits per heavy atom. The van der Waals surface area contributed by atoms with Crippen molar-refractivity contribution in [1.82, 2.24) is 19.6 Å². The summed E-state index contributed by atoms with van der Waals surface area (Å²) in [7, 11) is 0. The minimum atomic E-state index is -0.246. The summed E-state index contributed by atoms with van der Waals surface area (Å²) in [5.74, 6) is 0.535. The van der Waals surface area contributed by atoms with Crippen LogP contribution in [0, 0.1) is 101 Å². The van der Waals surface area contributed by atoms with Gasteiger partial charge in [0.2, 0.25) is 0 Å². The fraction of sp³-hybridized carbons (Fsp3) is 0.620. The van der Waals surface area contributed by atoms with Crippen LogP contribution in [0.4, 0.5) is 0 Å². The van der Waals surface area contributed by atoms with Gasteiger partial charge in [-0.3, -0.25) is 9.80 Å². The summed E-state index contributed by atoms with van der Waals surface area (Å²) >= 11 is 0. The summed E-state index contributed by atoms with van der Waals surface area (Å²) in [5.41, 5.74) is 11.6. The first-order valence-corrected chi connectivity index (χ1v) is 32.9. The van der Waals surface area contributed by atoms with Gasteiger partial charge in [0.05, 0.1) is 0 Å². The van der Waals surface area contributed by atoms with E-state index in [-0.39, 0.29) is 160 Å². The number of benzene rings is 5. The number of rotatable bonds is 18. The fourth-order valence-electron chi connectivity index (χ4n) is 10.8. The molecule has 10 heteroatoms. The molecule has 0 radical (unpaired) electrons. The van der Waals surface area contributed by atoms with Gasteiger partial charge in [0, 0.05) is 52.4 Å².